The van der Waals surface area contributed by atoms with E-state index in [4.69, 9.17) is 10.5 Å². The third-order valence-electron chi connectivity index (χ3n) is 2.65. The number of methoxy groups -OCH3 is 1. The van der Waals surface area contributed by atoms with E-state index in [9.17, 15) is 4.79 Å². The number of nitrogens with two attached hydrogens (primary N) is 1. The summed E-state index contributed by atoms with van der Waals surface area (Å²) in [5.41, 5.74) is 6.18. The smallest absolute Gasteiger partial charge is 0.253 e. The molecule has 1 unspecified atom stereocenters. The van der Waals surface area contributed by atoms with Gasteiger partial charge in [0.1, 0.15) is 5.75 Å². The summed E-state index contributed by atoms with van der Waals surface area (Å²) >= 11 is 0. The number of ether oxygens (including phenoxy) is 1. The van der Waals surface area contributed by atoms with Crippen molar-refractivity contribution in [2.45, 2.75) is 6.92 Å². The SMILES string of the molecule is COc1cccc(C(=O)N(C)CC(C)CN)c1. The molecule has 4 nitrogen and oxygen atoms in total. The lowest BCUT2D eigenvalue weighted by atomic mass is 10.1. The van der Waals surface area contributed by atoms with E-state index in [2.05, 4.69) is 0 Å². The Labute approximate surface area is 102 Å². The van der Waals surface area contributed by atoms with Crippen LogP contribution in [-0.2, 0) is 0 Å². The summed E-state index contributed by atoms with van der Waals surface area (Å²) in [5, 5.41) is 0. The molecule has 0 aliphatic carbocycles. The lowest BCUT2D eigenvalue weighted by molar-refractivity contribution is 0.0777. The molecule has 0 spiro atoms. The molecule has 1 amide bonds. The minimum atomic E-state index is -0.01000. The second-order valence-electron chi connectivity index (χ2n) is 4.26. The summed E-state index contributed by atoms with van der Waals surface area (Å²) in [6, 6.07) is 7.16. The Hall–Kier alpha value is -1.55. The van der Waals surface area contributed by atoms with Gasteiger partial charge in [0.05, 0.1) is 7.11 Å². The minimum Gasteiger partial charge on any atom is -0.497 e. The monoisotopic (exact) mass is 236 g/mol. The zero-order valence-corrected chi connectivity index (χ0v) is 10.6. The van der Waals surface area contributed by atoms with Crippen molar-refractivity contribution in [1.29, 1.82) is 0 Å². The van der Waals surface area contributed by atoms with Crippen LogP contribution in [0.2, 0.25) is 0 Å². The standard InChI is InChI=1S/C13H20N2O2/c1-10(8-14)9-15(2)13(16)11-5-4-6-12(7-11)17-3/h4-7,10H,8-9,14H2,1-3H3. The Kier molecular flexibility index (Phi) is 4.97. The van der Waals surface area contributed by atoms with Gasteiger partial charge in [-0.25, -0.2) is 0 Å². The van der Waals surface area contributed by atoms with E-state index in [0.29, 0.717) is 30.3 Å². The summed E-state index contributed by atoms with van der Waals surface area (Å²) in [6.45, 7) is 3.26. The number of rotatable bonds is 5. The fourth-order valence-corrected chi connectivity index (χ4v) is 1.60. The summed E-state index contributed by atoms with van der Waals surface area (Å²) in [4.78, 5) is 13.8. The summed E-state index contributed by atoms with van der Waals surface area (Å²) in [5.74, 6) is 0.981. The quantitative estimate of drug-likeness (QED) is 0.840. The van der Waals surface area contributed by atoms with Crippen molar-refractivity contribution in [2.24, 2.45) is 11.7 Å². The van der Waals surface area contributed by atoms with E-state index in [1.54, 1.807) is 31.2 Å². The van der Waals surface area contributed by atoms with Crippen LogP contribution < -0.4 is 10.5 Å². The van der Waals surface area contributed by atoms with Gasteiger partial charge in [-0.05, 0) is 30.7 Å². The van der Waals surface area contributed by atoms with Crippen molar-refractivity contribution in [3.8, 4) is 5.75 Å². The first-order valence-electron chi connectivity index (χ1n) is 5.68. The van der Waals surface area contributed by atoms with Crippen LogP contribution in [0.5, 0.6) is 5.75 Å². The highest BCUT2D eigenvalue weighted by molar-refractivity contribution is 5.94. The highest BCUT2D eigenvalue weighted by Gasteiger charge is 2.14. The molecule has 4 heteroatoms. The van der Waals surface area contributed by atoms with Gasteiger partial charge in [0, 0.05) is 19.2 Å². The number of nitrogens with zero attached hydrogens (tertiary/aromatic N) is 1. The van der Waals surface area contributed by atoms with Crippen molar-refractivity contribution in [3.63, 3.8) is 0 Å². The fraction of sp³-hybridized carbons (Fsp3) is 0.462. The molecular formula is C13H20N2O2. The van der Waals surface area contributed by atoms with Gasteiger partial charge in [-0.1, -0.05) is 13.0 Å². The lowest BCUT2D eigenvalue weighted by Gasteiger charge is -2.20. The predicted molar refractivity (Wildman–Crippen MR) is 68.2 cm³/mol. The van der Waals surface area contributed by atoms with Crippen molar-refractivity contribution in [3.05, 3.63) is 29.8 Å². The van der Waals surface area contributed by atoms with Gasteiger partial charge in [0.2, 0.25) is 0 Å². The van der Waals surface area contributed by atoms with Crippen LogP contribution in [0.3, 0.4) is 0 Å². The highest BCUT2D eigenvalue weighted by atomic mass is 16.5. The molecule has 0 bridgehead atoms. The average molecular weight is 236 g/mol. The summed E-state index contributed by atoms with van der Waals surface area (Å²) in [7, 11) is 3.37. The molecule has 17 heavy (non-hydrogen) atoms. The zero-order valence-electron chi connectivity index (χ0n) is 10.6. The van der Waals surface area contributed by atoms with Crippen LogP contribution >= 0.6 is 0 Å². The van der Waals surface area contributed by atoms with E-state index < -0.39 is 0 Å². The van der Waals surface area contributed by atoms with Crippen LogP contribution in [0.15, 0.2) is 24.3 Å². The molecule has 0 saturated heterocycles. The maximum Gasteiger partial charge on any atom is 0.253 e. The Morgan fingerprint density at radius 1 is 1.53 bits per heavy atom. The third kappa shape index (κ3) is 3.75. The molecule has 0 saturated carbocycles. The molecule has 1 atom stereocenters. The van der Waals surface area contributed by atoms with Crippen molar-refractivity contribution in [2.75, 3.05) is 27.2 Å². The fourth-order valence-electron chi connectivity index (χ4n) is 1.60. The van der Waals surface area contributed by atoms with E-state index in [1.807, 2.05) is 19.1 Å². The second-order valence-corrected chi connectivity index (χ2v) is 4.26. The van der Waals surface area contributed by atoms with Gasteiger partial charge < -0.3 is 15.4 Å². The predicted octanol–water partition coefficient (Wildman–Crippen LogP) is 1.36. The average Bonchev–Trinajstić information content (AvgIpc) is 2.37. The van der Waals surface area contributed by atoms with Crippen LogP contribution in [0.25, 0.3) is 0 Å². The topological polar surface area (TPSA) is 55.6 Å². The number of amides is 1. The maximum atomic E-state index is 12.1. The first-order chi connectivity index (χ1) is 8.08. The number of hydrogen-bond donors (Lipinski definition) is 1. The molecule has 1 aromatic rings. The Morgan fingerprint density at radius 2 is 2.24 bits per heavy atom. The zero-order chi connectivity index (χ0) is 12.8. The number of carbonyl (C=O) groups excluding carboxylic acids is 1. The molecule has 2 N–H and O–H groups in total. The third-order valence-corrected chi connectivity index (χ3v) is 2.65. The normalized spacial score (nSPS) is 12.0. The van der Waals surface area contributed by atoms with Gasteiger partial charge in [0.25, 0.3) is 5.91 Å². The highest BCUT2D eigenvalue weighted by Crippen LogP contribution is 2.14. The summed E-state index contributed by atoms with van der Waals surface area (Å²) < 4.78 is 5.10. The molecule has 0 aliphatic rings. The first-order valence-corrected chi connectivity index (χ1v) is 5.68. The van der Waals surface area contributed by atoms with E-state index in [-0.39, 0.29) is 5.91 Å². The van der Waals surface area contributed by atoms with E-state index in [1.165, 1.54) is 0 Å². The molecular weight excluding hydrogens is 216 g/mol. The summed E-state index contributed by atoms with van der Waals surface area (Å²) in [6.07, 6.45) is 0. The molecule has 0 fully saturated rings. The van der Waals surface area contributed by atoms with Crippen molar-refractivity contribution in [1.82, 2.24) is 4.90 Å². The van der Waals surface area contributed by atoms with Gasteiger partial charge in [-0.3, -0.25) is 4.79 Å². The largest absolute Gasteiger partial charge is 0.497 e. The minimum absolute atomic E-state index is 0.01000. The Balaban J connectivity index is 2.74. The molecule has 1 aromatic carbocycles. The molecule has 0 radical (unpaired) electrons. The molecule has 0 aromatic heterocycles. The van der Waals surface area contributed by atoms with Crippen molar-refractivity contribution >= 4 is 5.91 Å². The van der Waals surface area contributed by atoms with Crippen LogP contribution in [-0.4, -0.2) is 38.1 Å². The van der Waals surface area contributed by atoms with Crippen LogP contribution in [0.1, 0.15) is 17.3 Å². The van der Waals surface area contributed by atoms with Gasteiger partial charge in [0.15, 0.2) is 0 Å². The van der Waals surface area contributed by atoms with Gasteiger partial charge in [-0.2, -0.15) is 0 Å². The molecule has 1 rings (SSSR count). The second kappa shape index (κ2) is 6.25. The molecule has 94 valence electrons. The van der Waals surface area contributed by atoms with Crippen molar-refractivity contribution < 1.29 is 9.53 Å². The Bertz CT molecular complexity index is 379. The maximum absolute atomic E-state index is 12.1. The molecule has 0 heterocycles. The van der Waals surface area contributed by atoms with E-state index in [0.717, 1.165) is 0 Å². The Morgan fingerprint density at radius 3 is 2.82 bits per heavy atom. The number of hydrogen-bond acceptors (Lipinski definition) is 3. The van der Waals surface area contributed by atoms with Gasteiger partial charge >= 0.3 is 0 Å². The lowest BCUT2D eigenvalue weighted by Crippen LogP contribution is -2.33. The number of benzene rings is 1. The molecule has 0 aliphatic heterocycles. The number of carbonyl (C=O) groups is 1. The van der Waals surface area contributed by atoms with Crippen LogP contribution in [0.4, 0.5) is 0 Å². The first kappa shape index (κ1) is 13.5. The van der Waals surface area contributed by atoms with E-state index >= 15 is 0 Å². The van der Waals surface area contributed by atoms with Crippen LogP contribution in [0, 0.1) is 5.92 Å². The van der Waals surface area contributed by atoms with Gasteiger partial charge in [-0.15, -0.1) is 0 Å².